The molecule has 0 heterocycles. The molecule has 5 nitrogen and oxygen atoms in total. The van der Waals surface area contributed by atoms with Gasteiger partial charge in [0.1, 0.15) is 12.0 Å². The maximum absolute atomic E-state index is 11.4. The van der Waals surface area contributed by atoms with Crippen molar-refractivity contribution in [2.75, 3.05) is 7.11 Å². The molecule has 0 saturated heterocycles. The zero-order chi connectivity index (χ0) is 22.1. The fourth-order valence-electron chi connectivity index (χ4n) is 3.05. The van der Waals surface area contributed by atoms with Crippen molar-refractivity contribution in [1.82, 2.24) is 0 Å². The average Bonchev–Trinajstić information content (AvgIpc) is 2.76. The SMILES string of the molecule is CO[C@](O)(C(=O)[O-])C(c1ccccc1)c1ccccc1.C[C@H]([NH3+])c1ccc(Cl)cc1. The largest absolute Gasteiger partial charge is 0.544 e. The van der Waals surface area contributed by atoms with E-state index in [1.54, 1.807) is 48.5 Å². The number of ether oxygens (including phenoxy) is 1. The third-order valence-electron chi connectivity index (χ3n) is 4.70. The molecular weight excluding hydrogens is 402 g/mol. The van der Waals surface area contributed by atoms with Crippen molar-refractivity contribution in [2.24, 2.45) is 0 Å². The molecular formula is C24H26ClNO4. The molecule has 0 aliphatic carbocycles. The van der Waals surface area contributed by atoms with Gasteiger partial charge >= 0.3 is 0 Å². The molecule has 3 aromatic rings. The number of quaternary nitrogens is 1. The zero-order valence-electron chi connectivity index (χ0n) is 17.0. The Balaban J connectivity index is 0.000000269. The summed E-state index contributed by atoms with van der Waals surface area (Å²) in [6, 6.07) is 25.8. The van der Waals surface area contributed by atoms with Crippen LogP contribution in [0.5, 0.6) is 0 Å². The van der Waals surface area contributed by atoms with Gasteiger partial charge in [0.2, 0.25) is 5.79 Å². The van der Waals surface area contributed by atoms with Crippen LogP contribution in [0.2, 0.25) is 5.02 Å². The summed E-state index contributed by atoms with van der Waals surface area (Å²) in [5.74, 6) is -4.97. The molecule has 0 saturated carbocycles. The average molecular weight is 428 g/mol. The summed E-state index contributed by atoms with van der Waals surface area (Å²) >= 11 is 5.70. The number of methoxy groups -OCH3 is 1. The lowest BCUT2D eigenvalue weighted by Gasteiger charge is -2.36. The fraction of sp³-hybridized carbons (Fsp3) is 0.208. The van der Waals surface area contributed by atoms with Crippen LogP contribution in [-0.2, 0) is 9.53 Å². The van der Waals surface area contributed by atoms with E-state index in [1.165, 1.54) is 5.56 Å². The van der Waals surface area contributed by atoms with Gasteiger partial charge in [0, 0.05) is 17.7 Å². The number of aliphatic carboxylic acids is 1. The number of halogens is 1. The first-order valence-electron chi connectivity index (χ1n) is 9.47. The van der Waals surface area contributed by atoms with Crippen molar-refractivity contribution >= 4 is 17.6 Å². The Morgan fingerprint density at radius 2 is 1.37 bits per heavy atom. The predicted octanol–water partition coefficient (Wildman–Crippen LogP) is 2.55. The minimum absolute atomic E-state index is 0.345. The number of rotatable bonds is 6. The van der Waals surface area contributed by atoms with Crippen LogP contribution in [0.25, 0.3) is 0 Å². The van der Waals surface area contributed by atoms with Gasteiger partial charge < -0.3 is 25.5 Å². The minimum Gasteiger partial charge on any atom is -0.544 e. The highest BCUT2D eigenvalue weighted by Gasteiger charge is 2.40. The van der Waals surface area contributed by atoms with E-state index in [9.17, 15) is 15.0 Å². The Kier molecular flexibility index (Phi) is 8.57. The summed E-state index contributed by atoms with van der Waals surface area (Å²) in [7, 11) is 1.15. The quantitative estimate of drug-likeness (QED) is 0.591. The van der Waals surface area contributed by atoms with E-state index in [0.717, 1.165) is 12.1 Å². The molecule has 2 atom stereocenters. The molecule has 6 heteroatoms. The number of benzene rings is 3. The molecule has 0 aromatic heterocycles. The van der Waals surface area contributed by atoms with Crippen LogP contribution in [0.15, 0.2) is 84.9 Å². The second-order valence-corrected chi connectivity index (χ2v) is 7.33. The molecule has 0 amide bonds. The highest BCUT2D eigenvalue weighted by atomic mass is 35.5. The van der Waals surface area contributed by atoms with E-state index in [0.29, 0.717) is 17.2 Å². The number of carboxylic acids is 1. The third-order valence-corrected chi connectivity index (χ3v) is 4.95. The first-order chi connectivity index (χ1) is 14.3. The van der Waals surface area contributed by atoms with Crippen molar-refractivity contribution in [3.05, 3.63) is 107 Å². The maximum Gasteiger partial charge on any atom is 0.218 e. The number of hydrogen-bond acceptors (Lipinski definition) is 4. The van der Waals surface area contributed by atoms with E-state index in [2.05, 4.69) is 12.7 Å². The second-order valence-electron chi connectivity index (χ2n) is 6.90. The fourth-order valence-corrected chi connectivity index (χ4v) is 3.17. The lowest BCUT2D eigenvalue weighted by molar-refractivity contribution is -0.420. The lowest BCUT2D eigenvalue weighted by atomic mass is 9.84. The van der Waals surface area contributed by atoms with Gasteiger partial charge in [0.25, 0.3) is 0 Å². The highest BCUT2D eigenvalue weighted by Crippen LogP contribution is 2.35. The third kappa shape index (κ3) is 5.90. The van der Waals surface area contributed by atoms with E-state index in [1.807, 2.05) is 36.4 Å². The first-order valence-corrected chi connectivity index (χ1v) is 9.84. The van der Waals surface area contributed by atoms with Crippen molar-refractivity contribution in [3.8, 4) is 0 Å². The second kappa shape index (κ2) is 10.9. The smallest absolute Gasteiger partial charge is 0.218 e. The first kappa shape index (κ1) is 23.6. The monoisotopic (exact) mass is 427 g/mol. The van der Waals surface area contributed by atoms with Gasteiger partial charge in [-0.15, -0.1) is 0 Å². The van der Waals surface area contributed by atoms with Crippen LogP contribution < -0.4 is 10.8 Å². The van der Waals surface area contributed by atoms with Crippen LogP contribution >= 0.6 is 11.6 Å². The van der Waals surface area contributed by atoms with Crippen LogP contribution in [-0.4, -0.2) is 24.0 Å². The van der Waals surface area contributed by atoms with Crippen LogP contribution in [0.1, 0.15) is 35.6 Å². The number of aliphatic hydroxyl groups is 1. The van der Waals surface area contributed by atoms with Crippen molar-refractivity contribution in [3.63, 3.8) is 0 Å². The van der Waals surface area contributed by atoms with Crippen LogP contribution in [0.4, 0.5) is 0 Å². The van der Waals surface area contributed by atoms with Gasteiger partial charge in [0.15, 0.2) is 0 Å². The molecule has 0 aliphatic heterocycles. The minimum atomic E-state index is -2.43. The number of hydrogen-bond donors (Lipinski definition) is 2. The number of carbonyl (C=O) groups is 1. The molecule has 0 spiro atoms. The molecule has 3 aromatic carbocycles. The van der Waals surface area contributed by atoms with E-state index in [-0.39, 0.29) is 0 Å². The standard InChI is InChI=1S/C16H16O4.C8H10ClN/c1-20-16(19,15(17)18)14(12-8-4-2-5-9-12)13-10-6-3-7-11-13;1-6(10)7-2-4-8(9)5-3-7/h2-11,14,19H,1H3,(H,17,18);2-6H,10H2,1H3/t16-;6-/m00/s1. The Morgan fingerprint density at radius 3 is 1.70 bits per heavy atom. The number of carboxylic acid groups (broad SMARTS) is 1. The molecule has 4 N–H and O–H groups in total. The normalized spacial score (nSPS) is 13.7. The summed E-state index contributed by atoms with van der Waals surface area (Å²) in [5.41, 5.74) is 6.39. The lowest BCUT2D eigenvalue weighted by Crippen LogP contribution is -2.54. The highest BCUT2D eigenvalue weighted by molar-refractivity contribution is 6.30. The Bertz CT molecular complexity index is 877. The molecule has 0 unspecified atom stereocenters. The van der Waals surface area contributed by atoms with E-state index in [4.69, 9.17) is 16.3 Å². The summed E-state index contributed by atoms with van der Waals surface area (Å²) in [6.07, 6.45) is 0. The van der Waals surface area contributed by atoms with Gasteiger partial charge in [-0.1, -0.05) is 84.4 Å². The summed E-state index contributed by atoms with van der Waals surface area (Å²) in [4.78, 5) is 11.4. The Morgan fingerprint density at radius 1 is 0.933 bits per heavy atom. The van der Waals surface area contributed by atoms with Gasteiger partial charge in [-0.2, -0.15) is 0 Å². The maximum atomic E-state index is 11.4. The molecule has 30 heavy (non-hydrogen) atoms. The van der Waals surface area contributed by atoms with Crippen molar-refractivity contribution in [1.29, 1.82) is 0 Å². The zero-order valence-corrected chi connectivity index (χ0v) is 17.8. The molecule has 0 bridgehead atoms. The molecule has 158 valence electrons. The summed E-state index contributed by atoms with van der Waals surface area (Å²) < 4.78 is 4.86. The molecule has 0 radical (unpaired) electrons. The number of carbonyl (C=O) groups excluding carboxylic acids is 1. The Labute approximate surface area is 181 Å². The van der Waals surface area contributed by atoms with Crippen LogP contribution in [0.3, 0.4) is 0 Å². The summed E-state index contributed by atoms with van der Waals surface area (Å²) in [6.45, 7) is 2.06. The Hall–Kier alpha value is -2.70. The molecule has 0 aliphatic rings. The van der Waals surface area contributed by atoms with Gasteiger partial charge in [-0.05, 0) is 30.2 Å². The van der Waals surface area contributed by atoms with Gasteiger partial charge in [-0.3, -0.25) is 0 Å². The molecule has 0 fully saturated rings. The van der Waals surface area contributed by atoms with Crippen molar-refractivity contribution < 1.29 is 25.5 Å². The summed E-state index contributed by atoms with van der Waals surface area (Å²) in [5, 5.41) is 22.5. The topological polar surface area (TPSA) is 97.2 Å². The van der Waals surface area contributed by atoms with Gasteiger partial charge in [0.05, 0.1) is 5.92 Å². The van der Waals surface area contributed by atoms with E-state index < -0.39 is 17.7 Å². The predicted molar refractivity (Wildman–Crippen MR) is 114 cm³/mol. The van der Waals surface area contributed by atoms with Crippen molar-refractivity contribution in [2.45, 2.75) is 24.7 Å². The molecule has 3 rings (SSSR count). The van der Waals surface area contributed by atoms with Gasteiger partial charge in [-0.25, -0.2) is 0 Å². The van der Waals surface area contributed by atoms with Crippen LogP contribution in [0, 0.1) is 0 Å². The van der Waals surface area contributed by atoms with E-state index >= 15 is 0 Å².